The van der Waals surface area contributed by atoms with E-state index in [1.165, 1.54) is 12.8 Å². The van der Waals surface area contributed by atoms with Crippen molar-refractivity contribution in [2.75, 3.05) is 46.4 Å². The van der Waals surface area contributed by atoms with Gasteiger partial charge in [-0.25, -0.2) is 0 Å². The van der Waals surface area contributed by atoms with Crippen molar-refractivity contribution in [2.24, 2.45) is 0 Å². The van der Waals surface area contributed by atoms with Crippen molar-refractivity contribution in [3.05, 3.63) is 29.8 Å². The molecule has 5 heteroatoms. The molecule has 1 atom stereocenters. The van der Waals surface area contributed by atoms with Crippen LogP contribution in [0.2, 0.25) is 0 Å². The van der Waals surface area contributed by atoms with Crippen LogP contribution >= 0.6 is 0 Å². The minimum absolute atomic E-state index is 0.0932. The van der Waals surface area contributed by atoms with E-state index in [0.717, 1.165) is 45.1 Å². The Labute approximate surface area is 131 Å². The third-order valence-electron chi connectivity index (χ3n) is 4.46. The summed E-state index contributed by atoms with van der Waals surface area (Å²) in [4.78, 5) is 16.9. The molecule has 0 saturated carbocycles. The van der Waals surface area contributed by atoms with Gasteiger partial charge in [0.2, 0.25) is 0 Å². The van der Waals surface area contributed by atoms with E-state index in [-0.39, 0.29) is 5.91 Å². The Kier molecular flexibility index (Phi) is 4.95. The Morgan fingerprint density at radius 2 is 2.14 bits per heavy atom. The fraction of sp³-hybridized carbons (Fsp3) is 0.588. The first-order chi connectivity index (χ1) is 10.8. The van der Waals surface area contributed by atoms with Gasteiger partial charge in [0.05, 0.1) is 13.2 Å². The van der Waals surface area contributed by atoms with E-state index in [1.54, 1.807) is 13.2 Å². The normalized spacial score (nSPS) is 22.8. The van der Waals surface area contributed by atoms with Gasteiger partial charge in [-0.05, 0) is 31.0 Å². The van der Waals surface area contributed by atoms with Gasteiger partial charge in [0.25, 0.3) is 5.91 Å². The molecule has 2 fully saturated rings. The van der Waals surface area contributed by atoms with Crippen molar-refractivity contribution in [3.63, 3.8) is 0 Å². The summed E-state index contributed by atoms with van der Waals surface area (Å²) in [6, 6.07) is 7.38. The Bertz CT molecular complexity index is 506. The smallest absolute Gasteiger partial charge is 0.254 e. The van der Waals surface area contributed by atoms with E-state index in [4.69, 9.17) is 9.47 Å². The van der Waals surface area contributed by atoms with Crippen LogP contribution in [0.3, 0.4) is 0 Å². The minimum Gasteiger partial charge on any atom is -0.497 e. The number of ether oxygens (including phenoxy) is 2. The second-order valence-corrected chi connectivity index (χ2v) is 5.96. The lowest BCUT2D eigenvalue weighted by molar-refractivity contribution is 0.0432. The van der Waals surface area contributed by atoms with Crippen LogP contribution in [0.5, 0.6) is 5.75 Å². The molecule has 0 unspecified atom stereocenters. The van der Waals surface area contributed by atoms with Crippen molar-refractivity contribution in [1.82, 2.24) is 9.80 Å². The SMILES string of the molecule is COc1cccc(C(=O)N2CCN(C[C@@H]3CCCO3)CC2)c1. The lowest BCUT2D eigenvalue weighted by atomic mass is 10.1. The van der Waals surface area contributed by atoms with Gasteiger partial charge in [0, 0.05) is 44.9 Å². The molecule has 22 heavy (non-hydrogen) atoms. The van der Waals surface area contributed by atoms with Gasteiger partial charge in [0.1, 0.15) is 5.75 Å². The standard InChI is InChI=1S/C17H24N2O3/c1-21-15-5-2-4-14(12-15)17(20)19-9-7-18(8-10-19)13-16-6-3-11-22-16/h2,4-5,12,16H,3,6-11,13H2,1H3/t16-/m0/s1. The zero-order chi connectivity index (χ0) is 15.4. The Hall–Kier alpha value is -1.59. The van der Waals surface area contributed by atoms with E-state index >= 15 is 0 Å². The Balaban J connectivity index is 1.52. The van der Waals surface area contributed by atoms with Crippen LogP contribution in [0.15, 0.2) is 24.3 Å². The van der Waals surface area contributed by atoms with Crippen LogP contribution in [0, 0.1) is 0 Å². The number of hydrogen-bond acceptors (Lipinski definition) is 4. The second-order valence-electron chi connectivity index (χ2n) is 5.96. The van der Waals surface area contributed by atoms with E-state index in [1.807, 2.05) is 23.1 Å². The third kappa shape index (κ3) is 3.59. The number of hydrogen-bond donors (Lipinski definition) is 0. The predicted molar refractivity (Wildman–Crippen MR) is 84.3 cm³/mol. The molecule has 0 spiro atoms. The number of rotatable bonds is 4. The predicted octanol–water partition coefficient (Wildman–Crippen LogP) is 1.63. The van der Waals surface area contributed by atoms with Gasteiger partial charge >= 0.3 is 0 Å². The maximum absolute atomic E-state index is 12.5. The highest BCUT2D eigenvalue weighted by Gasteiger charge is 2.25. The van der Waals surface area contributed by atoms with Crippen LogP contribution in [0.25, 0.3) is 0 Å². The van der Waals surface area contributed by atoms with Crippen LogP contribution in [-0.4, -0.2) is 68.3 Å². The molecule has 0 aromatic heterocycles. The molecule has 120 valence electrons. The first kappa shape index (κ1) is 15.3. The summed E-state index contributed by atoms with van der Waals surface area (Å²) < 4.78 is 10.9. The molecule has 3 rings (SSSR count). The number of piperazine rings is 1. The molecule has 1 aromatic carbocycles. The van der Waals surface area contributed by atoms with Crippen molar-refractivity contribution in [2.45, 2.75) is 18.9 Å². The average molecular weight is 304 g/mol. The summed E-state index contributed by atoms with van der Waals surface area (Å²) in [6.45, 7) is 5.32. The molecular weight excluding hydrogens is 280 g/mol. The molecule has 2 saturated heterocycles. The molecule has 1 amide bonds. The third-order valence-corrected chi connectivity index (χ3v) is 4.46. The first-order valence-electron chi connectivity index (χ1n) is 8.03. The molecular formula is C17H24N2O3. The zero-order valence-corrected chi connectivity index (χ0v) is 13.2. The average Bonchev–Trinajstić information content (AvgIpc) is 3.08. The van der Waals surface area contributed by atoms with Gasteiger partial charge in [-0.2, -0.15) is 0 Å². The molecule has 2 heterocycles. The lowest BCUT2D eigenvalue weighted by Crippen LogP contribution is -2.50. The van der Waals surface area contributed by atoms with Crippen LogP contribution in [0.4, 0.5) is 0 Å². The Morgan fingerprint density at radius 3 is 2.82 bits per heavy atom. The van der Waals surface area contributed by atoms with Crippen molar-refractivity contribution < 1.29 is 14.3 Å². The summed E-state index contributed by atoms with van der Waals surface area (Å²) in [5.41, 5.74) is 0.701. The van der Waals surface area contributed by atoms with E-state index in [2.05, 4.69) is 4.90 Å². The van der Waals surface area contributed by atoms with Crippen molar-refractivity contribution in [1.29, 1.82) is 0 Å². The minimum atomic E-state index is 0.0932. The van der Waals surface area contributed by atoms with Crippen molar-refractivity contribution in [3.8, 4) is 5.75 Å². The Morgan fingerprint density at radius 1 is 1.32 bits per heavy atom. The summed E-state index contributed by atoms with van der Waals surface area (Å²) in [5, 5.41) is 0. The van der Waals surface area contributed by atoms with Gasteiger partial charge in [-0.15, -0.1) is 0 Å². The maximum Gasteiger partial charge on any atom is 0.254 e. The van der Waals surface area contributed by atoms with Gasteiger partial charge < -0.3 is 14.4 Å². The van der Waals surface area contributed by atoms with Gasteiger partial charge in [0.15, 0.2) is 0 Å². The molecule has 2 aliphatic heterocycles. The fourth-order valence-electron chi connectivity index (χ4n) is 3.15. The van der Waals surface area contributed by atoms with E-state index in [9.17, 15) is 4.79 Å². The van der Waals surface area contributed by atoms with Crippen molar-refractivity contribution >= 4 is 5.91 Å². The summed E-state index contributed by atoms with van der Waals surface area (Å²) in [6.07, 6.45) is 2.74. The summed E-state index contributed by atoms with van der Waals surface area (Å²) >= 11 is 0. The number of amides is 1. The fourth-order valence-corrected chi connectivity index (χ4v) is 3.15. The lowest BCUT2D eigenvalue weighted by Gasteiger charge is -2.35. The van der Waals surface area contributed by atoms with Gasteiger partial charge in [-0.1, -0.05) is 6.07 Å². The topological polar surface area (TPSA) is 42.0 Å². The molecule has 2 aliphatic rings. The largest absolute Gasteiger partial charge is 0.497 e. The number of nitrogens with zero attached hydrogens (tertiary/aromatic N) is 2. The molecule has 0 aliphatic carbocycles. The highest BCUT2D eigenvalue weighted by atomic mass is 16.5. The summed E-state index contributed by atoms with van der Waals surface area (Å²) in [7, 11) is 1.62. The number of carbonyl (C=O) groups excluding carboxylic acids is 1. The highest BCUT2D eigenvalue weighted by Crippen LogP contribution is 2.17. The second kappa shape index (κ2) is 7.11. The van der Waals surface area contributed by atoms with E-state index < -0.39 is 0 Å². The van der Waals surface area contributed by atoms with Crippen LogP contribution < -0.4 is 4.74 Å². The molecule has 5 nitrogen and oxygen atoms in total. The van der Waals surface area contributed by atoms with Gasteiger partial charge in [-0.3, -0.25) is 9.69 Å². The monoisotopic (exact) mass is 304 g/mol. The zero-order valence-electron chi connectivity index (χ0n) is 13.2. The summed E-state index contributed by atoms with van der Waals surface area (Å²) in [5.74, 6) is 0.818. The first-order valence-corrected chi connectivity index (χ1v) is 8.03. The molecule has 0 N–H and O–H groups in total. The number of carbonyl (C=O) groups is 1. The molecule has 0 bridgehead atoms. The van der Waals surface area contributed by atoms with Crippen LogP contribution in [-0.2, 0) is 4.74 Å². The number of benzene rings is 1. The quantitative estimate of drug-likeness (QED) is 0.848. The molecule has 0 radical (unpaired) electrons. The maximum atomic E-state index is 12.5. The number of methoxy groups -OCH3 is 1. The van der Waals surface area contributed by atoms with Crippen LogP contribution in [0.1, 0.15) is 23.2 Å². The highest BCUT2D eigenvalue weighted by molar-refractivity contribution is 5.94. The van der Waals surface area contributed by atoms with E-state index in [0.29, 0.717) is 11.7 Å². The molecule has 1 aromatic rings.